The van der Waals surface area contributed by atoms with E-state index in [0.717, 1.165) is 22.5 Å². The van der Waals surface area contributed by atoms with Gasteiger partial charge in [-0.2, -0.15) is 0 Å². The summed E-state index contributed by atoms with van der Waals surface area (Å²) in [7, 11) is 0. The molecule has 0 aliphatic carbocycles. The van der Waals surface area contributed by atoms with Crippen molar-refractivity contribution < 1.29 is 19.7 Å². The van der Waals surface area contributed by atoms with Crippen molar-refractivity contribution in [2.24, 2.45) is 5.41 Å². The average Bonchev–Trinajstić information content (AvgIpc) is 2.91. The van der Waals surface area contributed by atoms with Crippen LogP contribution in [0, 0.1) is 19.3 Å². The molecule has 1 aliphatic rings. The molecule has 2 unspecified atom stereocenters. The Bertz CT molecular complexity index is 916. The molecule has 1 aliphatic heterocycles. The fraction of sp³-hybridized carbons (Fsp3) is 0.364. The minimum atomic E-state index is -0.710. The van der Waals surface area contributed by atoms with Gasteiger partial charge in [0.2, 0.25) is 0 Å². The summed E-state index contributed by atoms with van der Waals surface area (Å²) in [6.45, 7) is 8.08. The van der Waals surface area contributed by atoms with Gasteiger partial charge in [-0.1, -0.05) is 19.1 Å². The van der Waals surface area contributed by atoms with Gasteiger partial charge in [0, 0.05) is 23.5 Å². The molecular weight excluding hydrogens is 354 g/mol. The van der Waals surface area contributed by atoms with E-state index in [1.54, 1.807) is 12.1 Å². The number of aromatic nitrogens is 1. The van der Waals surface area contributed by atoms with Crippen molar-refractivity contribution in [3.63, 3.8) is 0 Å². The van der Waals surface area contributed by atoms with E-state index in [0.29, 0.717) is 12.1 Å². The lowest BCUT2D eigenvalue weighted by Crippen LogP contribution is -2.89. The zero-order valence-electron chi connectivity index (χ0n) is 16.7. The molecule has 0 spiro atoms. The molecule has 1 fully saturated rings. The van der Waals surface area contributed by atoms with Crippen LogP contribution in [-0.4, -0.2) is 22.7 Å². The molecule has 3 amide bonds. The van der Waals surface area contributed by atoms with Crippen molar-refractivity contribution in [1.82, 2.24) is 10.3 Å². The molecule has 3 N–H and O–H groups in total. The normalized spacial score (nSPS) is 20.3. The van der Waals surface area contributed by atoms with Gasteiger partial charge < -0.3 is 5.32 Å². The summed E-state index contributed by atoms with van der Waals surface area (Å²) in [6.07, 6.45) is 0.236. The lowest BCUT2D eigenvalue weighted by molar-refractivity contribution is -0.480. The summed E-state index contributed by atoms with van der Waals surface area (Å²) in [5.41, 5.74) is 3.65. The Labute approximate surface area is 164 Å². The fourth-order valence-electron chi connectivity index (χ4n) is 3.78. The number of quaternary nitrogens is 1. The Balaban J connectivity index is 1.67. The maximum atomic E-state index is 12.5. The predicted molar refractivity (Wildman–Crippen MR) is 104 cm³/mol. The highest BCUT2D eigenvalue weighted by molar-refractivity contribution is 5.94. The largest absolute Gasteiger partial charge is 0.348 e. The second-order valence-corrected chi connectivity index (χ2v) is 7.85. The van der Waals surface area contributed by atoms with Crippen molar-refractivity contribution in [3.05, 3.63) is 64.5 Å². The van der Waals surface area contributed by atoms with Crippen LogP contribution in [0.15, 0.2) is 36.4 Å². The van der Waals surface area contributed by atoms with E-state index in [2.05, 4.69) is 10.3 Å². The zero-order valence-corrected chi connectivity index (χ0v) is 16.7. The van der Waals surface area contributed by atoms with Crippen molar-refractivity contribution >= 4 is 17.7 Å². The molecule has 2 aromatic rings. The number of amides is 3. The Morgan fingerprint density at radius 2 is 1.79 bits per heavy atom. The van der Waals surface area contributed by atoms with Gasteiger partial charge in [0.25, 0.3) is 5.91 Å². The first-order chi connectivity index (χ1) is 13.2. The van der Waals surface area contributed by atoms with Crippen LogP contribution in [0.25, 0.3) is 0 Å². The third kappa shape index (κ3) is 4.02. The monoisotopic (exact) mass is 380 g/mol. The zero-order chi connectivity index (χ0) is 20.5. The number of aryl methyl sites for hydroxylation is 2. The van der Waals surface area contributed by atoms with Crippen LogP contribution in [-0.2, 0) is 16.1 Å². The first-order valence-corrected chi connectivity index (χ1v) is 9.43. The Morgan fingerprint density at radius 3 is 2.32 bits per heavy atom. The molecule has 0 saturated carbocycles. The van der Waals surface area contributed by atoms with Gasteiger partial charge >= 0.3 is 11.8 Å². The van der Waals surface area contributed by atoms with Crippen LogP contribution in [0.3, 0.4) is 0 Å². The number of carbonyl (C=O) groups excluding carboxylic acids is 3. The van der Waals surface area contributed by atoms with Gasteiger partial charge in [-0.15, -0.1) is 0 Å². The predicted octanol–water partition coefficient (Wildman–Crippen LogP) is 1.76. The number of carbonyl (C=O) groups is 3. The van der Waals surface area contributed by atoms with Gasteiger partial charge in [0.1, 0.15) is 5.41 Å². The lowest BCUT2D eigenvalue weighted by atomic mass is 9.73. The van der Waals surface area contributed by atoms with Crippen LogP contribution >= 0.6 is 0 Å². The van der Waals surface area contributed by atoms with Gasteiger partial charge in [-0.25, -0.2) is 14.9 Å². The molecule has 0 radical (unpaired) electrons. The second-order valence-electron chi connectivity index (χ2n) is 7.85. The van der Waals surface area contributed by atoms with Crippen molar-refractivity contribution in [2.45, 2.75) is 46.6 Å². The van der Waals surface area contributed by atoms with Crippen LogP contribution in [0.4, 0.5) is 0 Å². The van der Waals surface area contributed by atoms with Crippen LogP contribution in [0.5, 0.6) is 0 Å². The maximum Gasteiger partial charge on any atom is 0.324 e. The number of primary amides is 2. The summed E-state index contributed by atoms with van der Waals surface area (Å²) < 4.78 is 0. The van der Waals surface area contributed by atoms with Crippen LogP contribution in [0.1, 0.15) is 59.1 Å². The number of rotatable bonds is 5. The van der Waals surface area contributed by atoms with Crippen molar-refractivity contribution in [3.8, 4) is 0 Å². The van der Waals surface area contributed by atoms with E-state index in [1.165, 1.54) is 5.32 Å². The summed E-state index contributed by atoms with van der Waals surface area (Å²) in [5, 5.41) is 4.13. The molecule has 28 heavy (non-hydrogen) atoms. The number of hydrogen-bond donors (Lipinski definition) is 2. The smallest absolute Gasteiger partial charge is 0.324 e. The van der Waals surface area contributed by atoms with Gasteiger partial charge in [0.05, 0.1) is 6.42 Å². The molecule has 2 atom stereocenters. The van der Waals surface area contributed by atoms with Crippen molar-refractivity contribution in [2.75, 3.05) is 0 Å². The first-order valence-electron chi connectivity index (χ1n) is 9.43. The average molecular weight is 380 g/mol. The summed E-state index contributed by atoms with van der Waals surface area (Å²) >= 11 is 0. The molecular formula is C22H26N3O3+. The highest BCUT2D eigenvalue weighted by atomic mass is 16.2. The third-order valence-electron chi connectivity index (χ3n) is 5.62. The molecule has 6 heteroatoms. The maximum absolute atomic E-state index is 12.5. The third-order valence-corrected chi connectivity index (χ3v) is 5.62. The Morgan fingerprint density at radius 1 is 1.18 bits per heavy atom. The number of pyridine rings is 1. The van der Waals surface area contributed by atoms with E-state index in [-0.39, 0.29) is 30.1 Å². The minimum Gasteiger partial charge on any atom is -0.348 e. The SMILES string of the molecule is Cc1cc(CNC(=O)c2ccc(C(C)C3(C)CC(=O)[NH2+]C3=O)cc2)cc(C)n1. The quantitative estimate of drug-likeness (QED) is 0.773. The standard InChI is InChI=1S/C22H25N3O3/c1-13-9-16(10-14(2)24-13)12-23-20(27)18-7-5-17(6-8-18)15(3)22(4)11-19(26)25-21(22)28/h5-10,15H,11-12H2,1-4H3,(H,23,27)(H,25,26,28)/p+1. The summed E-state index contributed by atoms with van der Waals surface area (Å²) in [6, 6.07) is 11.2. The molecule has 1 saturated heterocycles. The summed E-state index contributed by atoms with van der Waals surface area (Å²) in [4.78, 5) is 40.7. The van der Waals surface area contributed by atoms with Crippen LogP contribution < -0.4 is 10.6 Å². The van der Waals surface area contributed by atoms with Gasteiger partial charge in [-0.3, -0.25) is 9.78 Å². The lowest BCUT2D eigenvalue weighted by Gasteiger charge is -2.25. The Hall–Kier alpha value is -2.86. The van der Waals surface area contributed by atoms with Crippen LogP contribution in [0.2, 0.25) is 0 Å². The first kappa shape index (κ1) is 19.9. The molecule has 3 rings (SSSR count). The van der Waals surface area contributed by atoms with E-state index in [4.69, 9.17) is 0 Å². The van der Waals surface area contributed by atoms with Gasteiger partial charge in [0.15, 0.2) is 0 Å². The number of hydrogen-bond acceptors (Lipinski definition) is 4. The number of imide groups is 1. The highest BCUT2D eigenvalue weighted by Gasteiger charge is 2.51. The molecule has 6 nitrogen and oxygen atoms in total. The molecule has 2 heterocycles. The molecule has 146 valence electrons. The Kier molecular flexibility index (Phi) is 5.42. The number of nitrogens with zero attached hydrogens (tertiary/aromatic N) is 1. The van der Waals surface area contributed by atoms with E-state index >= 15 is 0 Å². The number of nitrogens with one attached hydrogen (secondary N) is 1. The number of benzene rings is 1. The van der Waals surface area contributed by atoms with E-state index < -0.39 is 5.41 Å². The van der Waals surface area contributed by atoms with Crippen molar-refractivity contribution in [1.29, 1.82) is 0 Å². The fourth-order valence-corrected chi connectivity index (χ4v) is 3.78. The highest BCUT2D eigenvalue weighted by Crippen LogP contribution is 2.39. The molecule has 0 bridgehead atoms. The molecule has 1 aromatic heterocycles. The number of nitrogens with two attached hydrogens (primary N) is 1. The molecule has 1 aromatic carbocycles. The van der Waals surface area contributed by atoms with E-state index in [1.807, 2.05) is 52.0 Å². The van der Waals surface area contributed by atoms with Gasteiger partial charge in [-0.05, 0) is 62.1 Å². The summed E-state index contributed by atoms with van der Waals surface area (Å²) in [5.74, 6) is -0.493. The van der Waals surface area contributed by atoms with E-state index in [9.17, 15) is 14.4 Å². The topological polar surface area (TPSA) is 92.7 Å². The second kappa shape index (κ2) is 7.64. The minimum absolute atomic E-state index is 0.109.